The van der Waals surface area contributed by atoms with Crippen LogP contribution in [0.25, 0.3) is 11.2 Å². The number of aromatic nitrogens is 4. The molecule has 2 N–H and O–H groups in total. The maximum Gasteiger partial charge on any atom is 0.324 e. The summed E-state index contributed by atoms with van der Waals surface area (Å²) in [6.07, 6.45) is 1.68. The number of nitrogen functional groups attached to an aromatic ring is 1. The lowest BCUT2D eigenvalue weighted by Gasteiger charge is -2.07. The highest BCUT2D eigenvalue weighted by Crippen LogP contribution is 2.22. The summed E-state index contributed by atoms with van der Waals surface area (Å²) in [5.41, 5.74) is 9.08. The first-order valence-corrected chi connectivity index (χ1v) is 7.96. The first kappa shape index (κ1) is 15.1. The summed E-state index contributed by atoms with van der Waals surface area (Å²) in [6.45, 7) is 2.65. The van der Waals surface area contributed by atoms with E-state index >= 15 is 0 Å². The Labute approximate surface area is 144 Å². The monoisotopic (exact) mass is 331 g/mol. The normalized spacial score (nSPS) is 10.9. The Balaban J connectivity index is 1.70. The largest absolute Gasteiger partial charge is 0.424 e. The Morgan fingerprint density at radius 3 is 2.68 bits per heavy atom. The van der Waals surface area contributed by atoms with Crippen LogP contribution in [-0.2, 0) is 6.54 Å². The van der Waals surface area contributed by atoms with Gasteiger partial charge in [0.2, 0.25) is 0 Å². The highest BCUT2D eigenvalue weighted by molar-refractivity contribution is 5.71. The molecule has 0 amide bonds. The van der Waals surface area contributed by atoms with Crippen molar-refractivity contribution >= 4 is 16.9 Å². The molecule has 25 heavy (non-hydrogen) atoms. The zero-order valence-corrected chi connectivity index (χ0v) is 13.8. The van der Waals surface area contributed by atoms with Gasteiger partial charge < -0.3 is 15.0 Å². The second-order valence-corrected chi connectivity index (χ2v) is 5.77. The molecule has 2 heterocycles. The Kier molecular flexibility index (Phi) is 3.78. The lowest BCUT2D eigenvalue weighted by Crippen LogP contribution is -2.03. The highest BCUT2D eigenvalue weighted by Gasteiger charge is 2.12. The molecule has 0 aliphatic heterocycles. The van der Waals surface area contributed by atoms with Crippen LogP contribution in [0.2, 0.25) is 0 Å². The van der Waals surface area contributed by atoms with Gasteiger partial charge in [-0.25, -0.2) is 9.97 Å². The molecule has 0 saturated carbocycles. The van der Waals surface area contributed by atoms with Gasteiger partial charge in [0.25, 0.3) is 0 Å². The molecule has 2 aromatic carbocycles. The lowest BCUT2D eigenvalue weighted by atomic mass is 10.2. The summed E-state index contributed by atoms with van der Waals surface area (Å²) >= 11 is 0. The number of nitrogens with two attached hydrogens (primary N) is 1. The summed E-state index contributed by atoms with van der Waals surface area (Å²) in [4.78, 5) is 13.3. The number of rotatable bonds is 4. The van der Waals surface area contributed by atoms with Crippen molar-refractivity contribution in [3.8, 4) is 11.8 Å². The van der Waals surface area contributed by atoms with Crippen molar-refractivity contribution in [3.05, 3.63) is 72.2 Å². The number of imidazole rings is 1. The maximum absolute atomic E-state index is 5.78. The van der Waals surface area contributed by atoms with Crippen LogP contribution in [0.15, 0.2) is 60.8 Å². The Bertz CT molecular complexity index is 1030. The third kappa shape index (κ3) is 3.14. The third-order valence-electron chi connectivity index (χ3n) is 3.91. The van der Waals surface area contributed by atoms with Crippen molar-refractivity contribution in [3.63, 3.8) is 0 Å². The number of aryl methyl sites for hydroxylation is 1. The maximum atomic E-state index is 5.78. The van der Waals surface area contributed by atoms with Gasteiger partial charge in [0.15, 0.2) is 5.65 Å². The molecule has 0 aliphatic carbocycles. The van der Waals surface area contributed by atoms with Gasteiger partial charge in [-0.1, -0.05) is 36.4 Å². The minimum absolute atomic E-state index is 0.271. The zero-order chi connectivity index (χ0) is 17.2. The quantitative estimate of drug-likeness (QED) is 0.578. The second-order valence-electron chi connectivity index (χ2n) is 5.77. The van der Waals surface area contributed by atoms with E-state index < -0.39 is 0 Å². The second kappa shape index (κ2) is 6.24. The molecule has 2 aromatic heterocycles. The van der Waals surface area contributed by atoms with Crippen molar-refractivity contribution in [2.45, 2.75) is 13.5 Å². The fraction of sp³-hybridized carbons (Fsp3) is 0.105. The summed E-state index contributed by atoms with van der Waals surface area (Å²) in [7, 11) is 0. The molecule has 0 bridgehead atoms. The van der Waals surface area contributed by atoms with Crippen molar-refractivity contribution in [2.75, 3.05) is 5.73 Å². The molecule has 0 spiro atoms. The molecular formula is C19H17N5O. The van der Waals surface area contributed by atoms with Gasteiger partial charge in [0.1, 0.15) is 17.1 Å². The fourth-order valence-electron chi connectivity index (χ4n) is 2.70. The van der Waals surface area contributed by atoms with Crippen molar-refractivity contribution in [1.82, 2.24) is 19.5 Å². The molecule has 0 unspecified atom stereocenters. The predicted molar refractivity (Wildman–Crippen MR) is 96.5 cm³/mol. The molecule has 0 atom stereocenters. The van der Waals surface area contributed by atoms with Crippen LogP contribution in [-0.4, -0.2) is 19.5 Å². The van der Waals surface area contributed by atoms with Crippen LogP contribution >= 0.6 is 0 Å². The van der Waals surface area contributed by atoms with Crippen LogP contribution < -0.4 is 10.5 Å². The molecule has 6 nitrogen and oxygen atoms in total. The van der Waals surface area contributed by atoms with E-state index in [2.05, 4.69) is 31.7 Å². The molecule has 0 radical (unpaired) electrons. The van der Waals surface area contributed by atoms with E-state index in [1.165, 1.54) is 5.56 Å². The number of benzene rings is 2. The molecule has 0 saturated heterocycles. The molecule has 0 aliphatic rings. The number of nitrogens with zero attached hydrogens (tertiary/aromatic N) is 4. The van der Waals surface area contributed by atoms with E-state index in [4.69, 9.17) is 10.5 Å². The number of ether oxygens (including phenoxy) is 1. The highest BCUT2D eigenvalue weighted by atomic mass is 16.5. The van der Waals surface area contributed by atoms with Crippen LogP contribution in [0.4, 0.5) is 5.69 Å². The van der Waals surface area contributed by atoms with Gasteiger partial charge in [-0.2, -0.15) is 4.98 Å². The number of hydrogen-bond donors (Lipinski definition) is 1. The average molecular weight is 331 g/mol. The van der Waals surface area contributed by atoms with Crippen molar-refractivity contribution in [2.24, 2.45) is 0 Å². The molecule has 124 valence electrons. The summed E-state index contributed by atoms with van der Waals surface area (Å²) in [5.74, 6) is 1.49. The summed E-state index contributed by atoms with van der Waals surface area (Å²) in [5, 5.41) is 0. The van der Waals surface area contributed by atoms with E-state index in [1.54, 1.807) is 18.3 Å². The molecule has 0 fully saturated rings. The molecular weight excluding hydrogens is 314 g/mol. The standard InChI is InChI=1S/C19H17N5O/c1-13-22-17-11-21-19(25-16-9-5-8-15(20)10-16)23-18(17)24(13)12-14-6-3-2-4-7-14/h2-11H,12,20H2,1H3. The molecule has 4 aromatic rings. The average Bonchev–Trinajstić information content (AvgIpc) is 2.91. The smallest absolute Gasteiger partial charge is 0.324 e. The van der Waals surface area contributed by atoms with Gasteiger partial charge in [-0.3, -0.25) is 0 Å². The van der Waals surface area contributed by atoms with Crippen molar-refractivity contribution < 1.29 is 4.74 Å². The Hall–Kier alpha value is -3.41. The Morgan fingerprint density at radius 2 is 1.88 bits per heavy atom. The minimum atomic E-state index is 0.271. The van der Waals surface area contributed by atoms with Crippen molar-refractivity contribution in [1.29, 1.82) is 0 Å². The van der Waals surface area contributed by atoms with E-state index in [0.29, 0.717) is 18.0 Å². The van der Waals surface area contributed by atoms with Gasteiger partial charge in [0.05, 0.1) is 12.7 Å². The number of anilines is 1. The van der Waals surface area contributed by atoms with Gasteiger partial charge in [0, 0.05) is 11.8 Å². The molecule has 4 rings (SSSR count). The van der Waals surface area contributed by atoms with Crippen LogP contribution in [0, 0.1) is 6.92 Å². The summed E-state index contributed by atoms with van der Waals surface area (Å²) < 4.78 is 7.79. The first-order chi connectivity index (χ1) is 12.2. The number of hydrogen-bond acceptors (Lipinski definition) is 5. The number of fused-ring (bicyclic) bond motifs is 1. The van der Waals surface area contributed by atoms with Gasteiger partial charge in [-0.05, 0) is 24.6 Å². The topological polar surface area (TPSA) is 78.8 Å². The van der Waals surface area contributed by atoms with E-state index in [9.17, 15) is 0 Å². The zero-order valence-electron chi connectivity index (χ0n) is 13.8. The minimum Gasteiger partial charge on any atom is -0.424 e. The van der Waals surface area contributed by atoms with Crippen LogP contribution in [0.5, 0.6) is 11.8 Å². The van der Waals surface area contributed by atoms with Gasteiger partial charge in [-0.15, -0.1) is 0 Å². The van der Waals surface area contributed by atoms with Crippen LogP contribution in [0.3, 0.4) is 0 Å². The third-order valence-corrected chi connectivity index (χ3v) is 3.91. The van der Waals surface area contributed by atoms with E-state index in [1.807, 2.05) is 37.3 Å². The SMILES string of the molecule is Cc1nc2cnc(Oc3cccc(N)c3)nc2n1Cc1ccccc1. The Morgan fingerprint density at radius 1 is 1.04 bits per heavy atom. The lowest BCUT2D eigenvalue weighted by molar-refractivity contribution is 0.443. The fourth-order valence-corrected chi connectivity index (χ4v) is 2.70. The van der Waals surface area contributed by atoms with Gasteiger partial charge >= 0.3 is 6.01 Å². The van der Waals surface area contributed by atoms with Crippen LogP contribution in [0.1, 0.15) is 11.4 Å². The van der Waals surface area contributed by atoms with E-state index in [0.717, 1.165) is 17.0 Å². The summed E-state index contributed by atoms with van der Waals surface area (Å²) in [6, 6.07) is 17.7. The molecule has 6 heteroatoms. The van der Waals surface area contributed by atoms with E-state index in [-0.39, 0.29) is 6.01 Å². The predicted octanol–water partition coefficient (Wildman–Crippen LogP) is 3.56. The first-order valence-electron chi connectivity index (χ1n) is 7.96.